The minimum atomic E-state index is -0.471. The van der Waals surface area contributed by atoms with E-state index in [0.717, 1.165) is 0 Å². The number of aliphatic hydroxyl groups excluding tert-OH is 1. The highest BCUT2D eigenvalue weighted by Gasteiger charge is 2.34. The van der Waals surface area contributed by atoms with Crippen molar-refractivity contribution in [3.05, 3.63) is 47.7 Å². The van der Waals surface area contributed by atoms with Gasteiger partial charge in [-0.3, -0.25) is 9.69 Å². The Morgan fingerprint density at radius 2 is 2.08 bits per heavy atom. The average molecular weight is 524 g/mol. The molecule has 10 heteroatoms. The Hall–Kier alpha value is -3.81. The third-order valence-electron chi connectivity index (χ3n) is 6.30. The second-order valence-corrected chi connectivity index (χ2v) is 9.75. The van der Waals surface area contributed by atoms with E-state index in [4.69, 9.17) is 9.47 Å². The number of pyridine rings is 1. The van der Waals surface area contributed by atoms with Crippen LogP contribution in [0.15, 0.2) is 36.5 Å². The number of likely N-dealkylation sites (N-methyl/N-ethyl adjacent to an activating group) is 1. The number of amides is 3. The number of aromatic nitrogens is 1. The topological polar surface area (TPSA) is 107 Å². The monoisotopic (exact) mass is 523 g/mol. The van der Waals surface area contributed by atoms with Crippen molar-refractivity contribution in [3.8, 4) is 23.5 Å². The number of rotatable bonds is 7. The molecule has 1 aromatic heterocycles. The molecule has 38 heavy (non-hydrogen) atoms. The quantitative estimate of drug-likeness (QED) is 0.537. The standard InChI is InChI=1S/C28H37N5O5/c1-19-16-33(20(2)18-34)27(35)22-14-21(10-9-13-31(3)4)15-29-26(22)38-25(19)17-32(5)28(36)30-23-11-7-8-12-24(23)37-6/h7-8,11-12,14-15,19-20,25,34H,13,16-18H2,1-6H3,(H,30,36)/t19-,20+,25+/m1/s1. The number of carbonyl (C=O) groups is 2. The molecule has 3 amide bonds. The first-order valence-corrected chi connectivity index (χ1v) is 12.5. The van der Waals surface area contributed by atoms with Crippen LogP contribution in [-0.2, 0) is 0 Å². The SMILES string of the molecule is COc1ccccc1NC(=O)N(C)C[C@@H]1Oc2ncc(C#CCN(C)C)cc2C(=O)N([C@@H](C)CO)C[C@H]1C. The van der Waals surface area contributed by atoms with E-state index in [1.807, 2.05) is 38.1 Å². The number of aliphatic hydroxyl groups is 1. The summed E-state index contributed by atoms with van der Waals surface area (Å²) in [5.74, 6) is 6.38. The Labute approximate surface area is 224 Å². The summed E-state index contributed by atoms with van der Waals surface area (Å²) in [5, 5.41) is 12.7. The summed E-state index contributed by atoms with van der Waals surface area (Å²) in [4.78, 5) is 36.1. The molecule has 2 N–H and O–H groups in total. The Bertz CT molecular complexity index is 1190. The van der Waals surface area contributed by atoms with Crippen LogP contribution < -0.4 is 14.8 Å². The molecule has 0 saturated heterocycles. The number of fused-ring (bicyclic) bond motifs is 1. The van der Waals surface area contributed by atoms with Crippen molar-refractivity contribution in [1.29, 1.82) is 0 Å². The van der Waals surface area contributed by atoms with Crippen LogP contribution in [-0.4, -0.2) is 103 Å². The van der Waals surface area contributed by atoms with E-state index in [9.17, 15) is 14.7 Å². The van der Waals surface area contributed by atoms with E-state index in [0.29, 0.717) is 30.1 Å². The number of benzene rings is 1. The van der Waals surface area contributed by atoms with Crippen LogP contribution in [0.2, 0.25) is 0 Å². The Morgan fingerprint density at radius 3 is 2.76 bits per heavy atom. The normalized spacial score (nSPS) is 17.8. The number of ether oxygens (including phenoxy) is 2. The maximum atomic E-state index is 13.5. The van der Waals surface area contributed by atoms with Gasteiger partial charge >= 0.3 is 6.03 Å². The first-order valence-electron chi connectivity index (χ1n) is 12.5. The maximum Gasteiger partial charge on any atom is 0.321 e. The van der Waals surface area contributed by atoms with Crippen LogP contribution in [0.4, 0.5) is 10.5 Å². The Balaban J connectivity index is 1.87. The Morgan fingerprint density at radius 1 is 1.34 bits per heavy atom. The first kappa shape index (κ1) is 28.8. The molecule has 3 rings (SSSR count). The molecule has 0 bridgehead atoms. The lowest BCUT2D eigenvalue weighted by atomic mass is 10.00. The number of hydrogen-bond acceptors (Lipinski definition) is 7. The van der Waals surface area contributed by atoms with Crippen molar-refractivity contribution in [2.75, 3.05) is 59.8 Å². The summed E-state index contributed by atoms with van der Waals surface area (Å²) in [6.45, 7) is 4.70. The summed E-state index contributed by atoms with van der Waals surface area (Å²) in [6.07, 6.45) is 1.11. The van der Waals surface area contributed by atoms with Gasteiger partial charge in [0, 0.05) is 31.3 Å². The number of hydrogen-bond donors (Lipinski definition) is 2. The molecule has 0 aliphatic carbocycles. The van der Waals surface area contributed by atoms with Crippen molar-refractivity contribution in [1.82, 2.24) is 19.7 Å². The number of urea groups is 1. The van der Waals surface area contributed by atoms with Crippen LogP contribution >= 0.6 is 0 Å². The third-order valence-corrected chi connectivity index (χ3v) is 6.30. The average Bonchev–Trinajstić information content (AvgIpc) is 2.90. The molecule has 10 nitrogen and oxygen atoms in total. The number of para-hydroxylation sites is 2. The molecule has 0 saturated carbocycles. The highest BCUT2D eigenvalue weighted by atomic mass is 16.5. The molecule has 0 spiro atoms. The van der Waals surface area contributed by atoms with Gasteiger partial charge in [0.15, 0.2) is 0 Å². The lowest BCUT2D eigenvalue weighted by Crippen LogP contribution is -2.50. The molecule has 1 aromatic carbocycles. The summed E-state index contributed by atoms with van der Waals surface area (Å²) in [6, 6.07) is 8.11. The first-order chi connectivity index (χ1) is 18.1. The zero-order chi connectivity index (χ0) is 27.8. The van der Waals surface area contributed by atoms with Gasteiger partial charge in [-0.2, -0.15) is 0 Å². The van der Waals surface area contributed by atoms with E-state index in [2.05, 4.69) is 22.1 Å². The minimum Gasteiger partial charge on any atom is -0.495 e. The van der Waals surface area contributed by atoms with Gasteiger partial charge in [0.1, 0.15) is 17.4 Å². The van der Waals surface area contributed by atoms with E-state index in [1.54, 1.807) is 50.4 Å². The molecular weight excluding hydrogens is 486 g/mol. The number of methoxy groups -OCH3 is 1. The third kappa shape index (κ3) is 7.15. The molecule has 0 unspecified atom stereocenters. The van der Waals surface area contributed by atoms with Gasteiger partial charge in [-0.15, -0.1) is 0 Å². The summed E-state index contributed by atoms with van der Waals surface area (Å²) < 4.78 is 11.6. The smallest absolute Gasteiger partial charge is 0.321 e. The second-order valence-electron chi connectivity index (χ2n) is 9.75. The van der Waals surface area contributed by atoms with Crippen molar-refractivity contribution in [3.63, 3.8) is 0 Å². The summed E-state index contributed by atoms with van der Waals surface area (Å²) in [5.41, 5.74) is 1.43. The fourth-order valence-electron chi connectivity index (χ4n) is 4.00. The van der Waals surface area contributed by atoms with Crippen molar-refractivity contribution >= 4 is 17.6 Å². The molecule has 1 aliphatic heterocycles. The molecule has 1 aliphatic rings. The lowest BCUT2D eigenvalue weighted by Gasteiger charge is -2.37. The summed E-state index contributed by atoms with van der Waals surface area (Å²) >= 11 is 0. The van der Waals surface area contributed by atoms with Gasteiger partial charge in [-0.05, 0) is 39.2 Å². The summed E-state index contributed by atoms with van der Waals surface area (Å²) in [7, 11) is 7.07. The molecule has 0 fully saturated rings. The zero-order valence-electron chi connectivity index (χ0n) is 22.9. The number of anilines is 1. The van der Waals surface area contributed by atoms with E-state index >= 15 is 0 Å². The van der Waals surface area contributed by atoms with Gasteiger partial charge in [0.05, 0.1) is 38.5 Å². The largest absolute Gasteiger partial charge is 0.495 e. The number of carbonyl (C=O) groups excluding carboxylic acids is 2. The predicted octanol–water partition coefficient (Wildman–Crippen LogP) is 2.39. The fourth-order valence-corrected chi connectivity index (χ4v) is 4.00. The molecule has 3 atom stereocenters. The zero-order valence-corrected chi connectivity index (χ0v) is 22.9. The highest BCUT2D eigenvalue weighted by molar-refractivity contribution is 5.97. The fraction of sp³-hybridized carbons (Fsp3) is 0.464. The molecule has 0 radical (unpaired) electrons. The van der Waals surface area contributed by atoms with Crippen LogP contribution in [0.25, 0.3) is 0 Å². The van der Waals surface area contributed by atoms with Crippen LogP contribution in [0, 0.1) is 17.8 Å². The minimum absolute atomic E-state index is 0.163. The Kier molecular flexibility index (Phi) is 9.93. The van der Waals surface area contributed by atoms with Crippen LogP contribution in [0.3, 0.4) is 0 Å². The van der Waals surface area contributed by atoms with Crippen molar-refractivity contribution in [2.45, 2.75) is 26.0 Å². The molecular formula is C28H37N5O5. The maximum absolute atomic E-state index is 13.5. The van der Waals surface area contributed by atoms with Crippen molar-refractivity contribution in [2.24, 2.45) is 5.92 Å². The lowest BCUT2D eigenvalue weighted by molar-refractivity contribution is 0.0356. The van der Waals surface area contributed by atoms with Crippen LogP contribution in [0.5, 0.6) is 11.6 Å². The van der Waals surface area contributed by atoms with Gasteiger partial charge < -0.3 is 29.7 Å². The van der Waals surface area contributed by atoms with Crippen LogP contribution in [0.1, 0.15) is 29.8 Å². The molecule has 2 heterocycles. The van der Waals surface area contributed by atoms with Gasteiger partial charge in [-0.25, -0.2) is 9.78 Å². The van der Waals surface area contributed by atoms with Gasteiger partial charge in [0.25, 0.3) is 5.91 Å². The second kappa shape index (κ2) is 13.1. The van der Waals surface area contributed by atoms with Crippen molar-refractivity contribution < 1.29 is 24.2 Å². The highest BCUT2D eigenvalue weighted by Crippen LogP contribution is 2.28. The molecule has 2 aromatic rings. The van der Waals surface area contributed by atoms with E-state index in [-0.39, 0.29) is 42.5 Å². The number of nitrogens with zero attached hydrogens (tertiary/aromatic N) is 4. The van der Waals surface area contributed by atoms with E-state index in [1.165, 1.54) is 4.90 Å². The molecule has 204 valence electrons. The van der Waals surface area contributed by atoms with Gasteiger partial charge in [-0.1, -0.05) is 30.9 Å². The van der Waals surface area contributed by atoms with Gasteiger partial charge in [0.2, 0.25) is 5.88 Å². The number of nitrogens with one attached hydrogen (secondary N) is 1. The predicted molar refractivity (Wildman–Crippen MR) is 145 cm³/mol. The van der Waals surface area contributed by atoms with E-state index < -0.39 is 12.1 Å².